The fourth-order valence-corrected chi connectivity index (χ4v) is 4.19. The summed E-state index contributed by atoms with van der Waals surface area (Å²) < 4.78 is 0. The topological polar surface area (TPSA) is 32.3 Å². The highest BCUT2D eigenvalue weighted by atomic mass is 32.1. The Labute approximate surface area is 119 Å². The molecule has 2 heterocycles. The molecule has 0 bridgehead atoms. The van der Waals surface area contributed by atoms with Gasteiger partial charge in [-0.15, -0.1) is 11.3 Å². The molecule has 1 aliphatic carbocycles. The van der Waals surface area contributed by atoms with Gasteiger partial charge in [0.15, 0.2) is 0 Å². The van der Waals surface area contributed by atoms with Crippen molar-refractivity contribution in [3.63, 3.8) is 0 Å². The van der Waals surface area contributed by atoms with Crippen LogP contribution in [0.5, 0.6) is 0 Å². The molecule has 2 fully saturated rings. The lowest BCUT2D eigenvalue weighted by molar-refractivity contribution is 0.199. The van der Waals surface area contributed by atoms with Crippen LogP contribution in [0, 0.1) is 5.92 Å². The Bertz CT molecular complexity index is 406. The second kappa shape index (κ2) is 5.95. The average Bonchev–Trinajstić information content (AvgIpc) is 3.17. The zero-order chi connectivity index (χ0) is 13.1. The Morgan fingerprint density at radius 2 is 2.00 bits per heavy atom. The van der Waals surface area contributed by atoms with Crippen molar-refractivity contribution in [2.75, 3.05) is 13.1 Å². The number of likely N-dealkylation sites (tertiary alicyclic amines) is 1. The van der Waals surface area contributed by atoms with Crippen LogP contribution in [-0.4, -0.2) is 24.0 Å². The van der Waals surface area contributed by atoms with Crippen molar-refractivity contribution in [2.24, 2.45) is 5.92 Å². The maximum atomic E-state index is 12.3. The van der Waals surface area contributed by atoms with E-state index in [0.717, 1.165) is 25.9 Å². The van der Waals surface area contributed by atoms with Crippen molar-refractivity contribution in [1.82, 2.24) is 10.2 Å². The van der Waals surface area contributed by atoms with E-state index in [4.69, 9.17) is 0 Å². The quantitative estimate of drug-likeness (QED) is 0.896. The first kappa shape index (κ1) is 13.0. The fraction of sp³-hybridized carbons (Fsp3) is 0.667. The van der Waals surface area contributed by atoms with Crippen LogP contribution >= 0.6 is 11.3 Å². The lowest BCUT2D eigenvalue weighted by Gasteiger charge is -2.26. The summed E-state index contributed by atoms with van der Waals surface area (Å²) in [7, 11) is 0. The fourth-order valence-electron chi connectivity index (χ4n) is 3.32. The van der Waals surface area contributed by atoms with Gasteiger partial charge in [-0.05, 0) is 43.0 Å². The number of carbonyl (C=O) groups excluding carboxylic acids is 1. The van der Waals surface area contributed by atoms with Crippen molar-refractivity contribution < 1.29 is 4.79 Å². The molecule has 0 radical (unpaired) electrons. The van der Waals surface area contributed by atoms with Gasteiger partial charge in [-0.2, -0.15) is 0 Å². The van der Waals surface area contributed by atoms with Crippen LogP contribution in [0.1, 0.15) is 49.4 Å². The van der Waals surface area contributed by atoms with Gasteiger partial charge in [0.1, 0.15) is 0 Å². The van der Waals surface area contributed by atoms with Crippen molar-refractivity contribution in [3.05, 3.63) is 22.4 Å². The summed E-state index contributed by atoms with van der Waals surface area (Å²) >= 11 is 1.77. The molecule has 0 spiro atoms. The Morgan fingerprint density at radius 1 is 1.26 bits per heavy atom. The summed E-state index contributed by atoms with van der Waals surface area (Å²) in [4.78, 5) is 15.6. The van der Waals surface area contributed by atoms with Crippen LogP contribution < -0.4 is 5.32 Å². The Morgan fingerprint density at radius 3 is 2.63 bits per heavy atom. The predicted octanol–water partition coefficient (Wildman–Crippen LogP) is 3.78. The number of carbonyl (C=O) groups is 1. The zero-order valence-electron chi connectivity index (χ0n) is 11.3. The van der Waals surface area contributed by atoms with E-state index in [1.807, 2.05) is 4.90 Å². The molecule has 1 aliphatic heterocycles. The van der Waals surface area contributed by atoms with E-state index in [0.29, 0.717) is 5.92 Å². The lowest BCUT2D eigenvalue weighted by atomic mass is 9.97. The number of hydrogen-bond donors (Lipinski definition) is 1. The van der Waals surface area contributed by atoms with Gasteiger partial charge < -0.3 is 10.2 Å². The molecule has 0 aromatic carbocycles. The van der Waals surface area contributed by atoms with Crippen LogP contribution in [-0.2, 0) is 0 Å². The van der Waals surface area contributed by atoms with Crippen LogP contribution in [0.4, 0.5) is 4.79 Å². The van der Waals surface area contributed by atoms with Gasteiger partial charge in [-0.3, -0.25) is 0 Å². The molecule has 1 atom stereocenters. The molecule has 1 saturated carbocycles. The summed E-state index contributed by atoms with van der Waals surface area (Å²) in [5.41, 5.74) is 0. The Balaban J connectivity index is 1.69. The maximum absolute atomic E-state index is 12.3. The van der Waals surface area contributed by atoms with Crippen molar-refractivity contribution in [2.45, 2.75) is 44.6 Å². The summed E-state index contributed by atoms with van der Waals surface area (Å²) in [6, 6.07) is 4.63. The minimum absolute atomic E-state index is 0.141. The molecule has 1 N–H and O–H groups in total. The van der Waals surface area contributed by atoms with E-state index in [1.165, 1.54) is 30.6 Å². The lowest BCUT2D eigenvalue weighted by Crippen LogP contribution is -2.41. The minimum atomic E-state index is 0.141. The maximum Gasteiger partial charge on any atom is 0.317 e. The number of thiophene rings is 1. The highest BCUT2D eigenvalue weighted by Gasteiger charge is 2.30. The number of amides is 2. The Kier molecular flexibility index (Phi) is 4.06. The second-order valence-corrected chi connectivity index (χ2v) is 6.66. The molecule has 1 saturated heterocycles. The first-order chi connectivity index (χ1) is 9.34. The number of urea groups is 1. The van der Waals surface area contributed by atoms with Gasteiger partial charge >= 0.3 is 6.03 Å². The summed E-state index contributed by atoms with van der Waals surface area (Å²) in [5.74, 6) is 0.630. The van der Waals surface area contributed by atoms with Crippen LogP contribution in [0.2, 0.25) is 0 Å². The monoisotopic (exact) mass is 278 g/mol. The molecule has 2 amide bonds. The number of nitrogens with zero attached hydrogens (tertiary/aromatic N) is 1. The largest absolute Gasteiger partial charge is 0.330 e. The Hall–Kier alpha value is -1.03. The average molecular weight is 278 g/mol. The molecular formula is C15H22N2OS. The van der Waals surface area contributed by atoms with Crippen LogP contribution in [0.15, 0.2) is 17.5 Å². The van der Waals surface area contributed by atoms with E-state index in [-0.39, 0.29) is 12.1 Å². The van der Waals surface area contributed by atoms with Gasteiger partial charge in [0.05, 0.1) is 6.04 Å². The molecular weight excluding hydrogens is 256 g/mol. The third-order valence-corrected chi connectivity index (χ3v) is 5.35. The molecule has 19 heavy (non-hydrogen) atoms. The molecule has 4 heteroatoms. The summed E-state index contributed by atoms with van der Waals surface area (Å²) in [6.45, 7) is 1.85. The van der Waals surface area contributed by atoms with Crippen LogP contribution in [0.25, 0.3) is 0 Å². The van der Waals surface area contributed by atoms with Gasteiger partial charge in [0, 0.05) is 18.0 Å². The summed E-state index contributed by atoms with van der Waals surface area (Å²) in [5, 5.41) is 5.41. The number of nitrogens with one attached hydrogen (secondary N) is 1. The van der Waals surface area contributed by atoms with Gasteiger partial charge in [-0.25, -0.2) is 4.79 Å². The molecule has 104 valence electrons. The highest BCUT2D eigenvalue weighted by Crippen LogP contribution is 2.37. The van der Waals surface area contributed by atoms with Crippen molar-refractivity contribution in [3.8, 4) is 0 Å². The molecule has 1 unspecified atom stereocenters. The third-order valence-electron chi connectivity index (χ3n) is 4.39. The van der Waals surface area contributed by atoms with E-state index < -0.39 is 0 Å². The minimum Gasteiger partial charge on any atom is -0.330 e. The van der Waals surface area contributed by atoms with Crippen molar-refractivity contribution >= 4 is 17.4 Å². The number of hydrogen-bond acceptors (Lipinski definition) is 2. The first-order valence-corrected chi connectivity index (χ1v) is 8.31. The second-order valence-electron chi connectivity index (χ2n) is 5.68. The van der Waals surface area contributed by atoms with Gasteiger partial charge in [0.2, 0.25) is 0 Å². The molecule has 1 aromatic heterocycles. The third kappa shape index (κ3) is 2.94. The first-order valence-electron chi connectivity index (χ1n) is 7.43. The molecule has 3 nitrogen and oxygen atoms in total. The summed E-state index contributed by atoms with van der Waals surface area (Å²) in [6.07, 6.45) is 7.44. The normalized spacial score (nSPS) is 21.8. The van der Waals surface area contributed by atoms with Gasteiger partial charge in [-0.1, -0.05) is 18.9 Å². The molecule has 3 rings (SSSR count). The van der Waals surface area contributed by atoms with E-state index >= 15 is 0 Å². The molecule has 2 aliphatic rings. The number of rotatable bonds is 3. The van der Waals surface area contributed by atoms with Crippen molar-refractivity contribution in [1.29, 1.82) is 0 Å². The SMILES string of the molecule is O=C(NC(c1cccs1)C1CCCC1)N1CCCC1. The smallest absolute Gasteiger partial charge is 0.317 e. The zero-order valence-corrected chi connectivity index (χ0v) is 12.1. The predicted molar refractivity (Wildman–Crippen MR) is 78.4 cm³/mol. The molecule has 1 aromatic rings. The van der Waals surface area contributed by atoms with E-state index in [1.54, 1.807) is 11.3 Å². The van der Waals surface area contributed by atoms with Crippen LogP contribution in [0.3, 0.4) is 0 Å². The van der Waals surface area contributed by atoms with Gasteiger partial charge in [0.25, 0.3) is 0 Å². The van der Waals surface area contributed by atoms with E-state index in [9.17, 15) is 4.79 Å². The standard InChI is InChI=1S/C15H22N2OS/c18-15(17-9-3-4-10-17)16-14(12-6-1-2-7-12)13-8-5-11-19-13/h5,8,11-12,14H,1-4,6-7,9-10H2,(H,16,18). The highest BCUT2D eigenvalue weighted by molar-refractivity contribution is 7.10. The van der Waals surface area contributed by atoms with E-state index in [2.05, 4.69) is 22.8 Å².